The molecule has 1 aromatic rings. The first-order chi connectivity index (χ1) is 7.93. The number of nitro groups is 1. The predicted molar refractivity (Wildman–Crippen MR) is 64.5 cm³/mol. The smallest absolute Gasteiger partial charge is 0.272 e. The van der Waals surface area contributed by atoms with Crippen LogP contribution < -0.4 is 5.73 Å². The molecule has 1 unspecified atom stereocenters. The Labute approximate surface area is 99.8 Å². The lowest BCUT2D eigenvalue weighted by Gasteiger charge is -2.09. The van der Waals surface area contributed by atoms with Gasteiger partial charge in [0.1, 0.15) is 0 Å². The minimum atomic E-state index is -0.393. The van der Waals surface area contributed by atoms with Crippen LogP contribution in [0.1, 0.15) is 24.5 Å². The second-order valence-electron chi connectivity index (χ2n) is 4.16. The molecule has 5 nitrogen and oxygen atoms in total. The number of amides is 1. The van der Waals surface area contributed by atoms with Crippen molar-refractivity contribution < 1.29 is 9.72 Å². The fourth-order valence-corrected chi connectivity index (χ4v) is 1.65. The normalized spacial score (nSPS) is 12.1. The van der Waals surface area contributed by atoms with Crippen LogP contribution in [0.2, 0.25) is 0 Å². The molecule has 17 heavy (non-hydrogen) atoms. The third-order valence-electron chi connectivity index (χ3n) is 2.95. The molecule has 1 aromatic carbocycles. The summed E-state index contributed by atoms with van der Waals surface area (Å²) in [6.45, 7) is 3.48. The SMILES string of the molecule is Cc1c(CCC(C)C(N)=O)cccc1[N+](=O)[O-]. The maximum Gasteiger partial charge on any atom is 0.272 e. The van der Waals surface area contributed by atoms with E-state index in [0.717, 1.165) is 5.56 Å². The molecule has 0 aliphatic rings. The molecule has 0 aromatic heterocycles. The molecule has 1 rings (SSSR count). The van der Waals surface area contributed by atoms with Crippen LogP contribution in [-0.2, 0) is 11.2 Å². The number of nitro benzene ring substituents is 1. The van der Waals surface area contributed by atoms with Crippen molar-refractivity contribution in [1.29, 1.82) is 0 Å². The second kappa shape index (κ2) is 5.43. The third-order valence-corrected chi connectivity index (χ3v) is 2.95. The summed E-state index contributed by atoms with van der Waals surface area (Å²) in [6, 6.07) is 4.99. The Bertz CT molecular complexity index is 443. The molecular formula is C12H16N2O3. The van der Waals surface area contributed by atoms with Crippen LogP contribution in [0.4, 0.5) is 5.69 Å². The standard InChI is InChI=1S/C12H16N2O3/c1-8(12(13)15)6-7-10-4-3-5-11(9(10)2)14(16)17/h3-5,8H,6-7H2,1-2H3,(H2,13,15). The molecule has 0 aliphatic heterocycles. The summed E-state index contributed by atoms with van der Waals surface area (Å²) in [5.74, 6) is -0.554. The van der Waals surface area contributed by atoms with Gasteiger partial charge >= 0.3 is 0 Å². The van der Waals surface area contributed by atoms with Crippen LogP contribution in [0.5, 0.6) is 0 Å². The Kier molecular flexibility index (Phi) is 4.20. The van der Waals surface area contributed by atoms with Gasteiger partial charge in [-0.2, -0.15) is 0 Å². The van der Waals surface area contributed by atoms with E-state index in [0.29, 0.717) is 18.4 Å². The molecule has 0 spiro atoms. The zero-order valence-corrected chi connectivity index (χ0v) is 9.97. The molecule has 0 fully saturated rings. The molecule has 1 atom stereocenters. The minimum Gasteiger partial charge on any atom is -0.369 e. The Morgan fingerprint density at radius 2 is 2.18 bits per heavy atom. The molecule has 92 valence electrons. The van der Waals surface area contributed by atoms with E-state index in [9.17, 15) is 14.9 Å². The lowest BCUT2D eigenvalue weighted by Crippen LogP contribution is -2.21. The fourth-order valence-electron chi connectivity index (χ4n) is 1.65. The lowest BCUT2D eigenvalue weighted by atomic mass is 9.97. The van der Waals surface area contributed by atoms with Gasteiger partial charge in [-0.1, -0.05) is 19.1 Å². The minimum absolute atomic E-state index is 0.120. The van der Waals surface area contributed by atoms with Gasteiger partial charge in [-0.3, -0.25) is 14.9 Å². The number of aryl methyl sites for hydroxylation is 1. The summed E-state index contributed by atoms with van der Waals surface area (Å²) < 4.78 is 0. The zero-order chi connectivity index (χ0) is 13.0. The number of nitrogens with zero attached hydrogens (tertiary/aromatic N) is 1. The van der Waals surface area contributed by atoms with Crippen molar-refractivity contribution in [3.8, 4) is 0 Å². The molecule has 5 heteroatoms. The van der Waals surface area contributed by atoms with Crippen molar-refractivity contribution in [2.24, 2.45) is 11.7 Å². The Morgan fingerprint density at radius 1 is 1.53 bits per heavy atom. The molecule has 0 aliphatic carbocycles. The molecule has 0 radical (unpaired) electrons. The number of primary amides is 1. The van der Waals surface area contributed by atoms with Gasteiger partial charge in [0.2, 0.25) is 5.91 Å². The van der Waals surface area contributed by atoms with Crippen molar-refractivity contribution in [2.45, 2.75) is 26.7 Å². The zero-order valence-electron chi connectivity index (χ0n) is 9.97. The molecule has 0 saturated heterocycles. The Morgan fingerprint density at radius 3 is 2.71 bits per heavy atom. The molecule has 0 bridgehead atoms. The van der Waals surface area contributed by atoms with E-state index in [1.165, 1.54) is 6.07 Å². The largest absolute Gasteiger partial charge is 0.369 e. The summed E-state index contributed by atoms with van der Waals surface area (Å²) in [4.78, 5) is 21.3. The van der Waals surface area contributed by atoms with E-state index in [4.69, 9.17) is 5.73 Å². The van der Waals surface area contributed by atoms with Gasteiger partial charge in [0, 0.05) is 17.5 Å². The van der Waals surface area contributed by atoms with Gasteiger partial charge in [0.25, 0.3) is 5.69 Å². The first-order valence-corrected chi connectivity index (χ1v) is 5.45. The first-order valence-electron chi connectivity index (χ1n) is 5.45. The van der Waals surface area contributed by atoms with Crippen molar-refractivity contribution in [3.63, 3.8) is 0 Å². The van der Waals surface area contributed by atoms with Crippen LogP contribution in [0.15, 0.2) is 18.2 Å². The summed E-state index contributed by atoms with van der Waals surface area (Å²) in [5.41, 5.74) is 6.85. The summed E-state index contributed by atoms with van der Waals surface area (Å²) in [6.07, 6.45) is 1.23. The summed E-state index contributed by atoms with van der Waals surface area (Å²) in [5, 5.41) is 10.8. The van der Waals surface area contributed by atoms with E-state index < -0.39 is 4.92 Å². The van der Waals surface area contributed by atoms with E-state index in [1.54, 1.807) is 19.9 Å². The number of nitrogens with two attached hydrogens (primary N) is 1. The highest BCUT2D eigenvalue weighted by molar-refractivity contribution is 5.76. The fraction of sp³-hybridized carbons (Fsp3) is 0.417. The van der Waals surface area contributed by atoms with E-state index in [1.807, 2.05) is 6.07 Å². The molecule has 0 saturated carbocycles. The van der Waals surface area contributed by atoms with Crippen LogP contribution >= 0.6 is 0 Å². The highest BCUT2D eigenvalue weighted by Crippen LogP contribution is 2.22. The lowest BCUT2D eigenvalue weighted by molar-refractivity contribution is -0.385. The highest BCUT2D eigenvalue weighted by atomic mass is 16.6. The molecule has 2 N–H and O–H groups in total. The summed E-state index contributed by atoms with van der Waals surface area (Å²) >= 11 is 0. The Hall–Kier alpha value is -1.91. The van der Waals surface area contributed by atoms with Crippen molar-refractivity contribution in [3.05, 3.63) is 39.4 Å². The van der Waals surface area contributed by atoms with Crippen molar-refractivity contribution >= 4 is 11.6 Å². The third kappa shape index (κ3) is 3.27. The number of hydrogen-bond acceptors (Lipinski definition) is 3. The maximum absolute atomic E-state index is 10.9. The summed E-state index contributed by atoms with van der Waals surface area (Å²) in [7, 11) is 0. The van der Waals surface area contributed by atoms with Gasteiger partial charge in [-0.15, -0.1) is 0 Å². The van der Waals surface area contributed by atoms with Crippen LogP contribution in [0.25, 0.3) is 0 Å². The quantitative estimate of drug-likeness (QED) is 0.626. The molecule has 1 amide bonds. The van der Waals surface area contributed by atoms with Crippen molar-refractivity contribution in [2.75, 3.05) is 0 Å². The van der Waals surface area contributed by atoms with E-state index in [2.05, 4.69) is 0 Å². The van der Waals surface area contributed by atoms with E-state index >= 15 is 0 Å². The number of hydrogen-bond donors (Lipinski definition) is 1. The van der Waals surface area contributed by atoms with Gasteiger partial charge in [-0.05, 0) is 25.3 Å². The van der Waals surface area contributed by atoms with Gasteiger partial charge in [0.15, 0.2) is 0 Å². The molecule has 0 heterocycles. The second-order valence-corrected chi connectivity index (χ2v) is 4.16. The van der Waals surface area contributed by atoms with Crippen LogP contribution in [0.3, 0.4) is 0 Å². The maximum atomic E-state index is 10.9. The average molecular weight is 236 g/mol. The predicted octanol–water partition coefficient (Wildman–Crippen LogP) is 1.96. The number of carbonyl (C=O) groups is 1. The molecular weight excluding hydrogens is 220 g/mol. The first kappa shape index (κ1) is 13.2. The van der Waals surface area contributed by atoms with Crippen molar-refractivity contribution in [1.82, 2.24) is 0 Å². The Balaban J connectivity index is 2.82. The van der Waals surface area contributed by atoms with Crippen LogP contribution in [0, 0.1) is 23.0 Å². The van der Waals surface area contributed by atoms with Crippen LogP contribution in [-0.4, -0.2) is 10.8 Å². The highest BCUT2D eigenvalue weighted by Gasteiger charge is 2.14. The van der Waals surface area contributed by atoms with Gasteiger partial charge in [0.05, 0.1) is 4.92 Å². The average Bonchev–Trinajstić information content (AvgIpc) is 2.26. The monoisotopic (exact) mass is 236 g/mol. The topological polar surface area (TPSA) is 86.2 Å². The van der Waals surface area contributed by atoms with Gasteiger partial charge in [-0.25, -0.2) is 0 Å². The number of carbonyl (C=O) groups excluding carboxylic acids is 1. The van der Waals surface area contributed by atoms with Gasteiger partial charge < -0.3 is 5.73 Å². The van der Waals surface area contributed by atoms with E-state index in [-0.39, 0.29) is 17.5 Å². The number of rotatable bonds is 5. The number of benzene rings is 1.